The third-order valence-electron chi connectivity index (χ3n) is 1.48. The van der Waals surface area contributed by atoms with Gasteiger partial charge in [-0.25, -0.2) is 0 Å². The molecule has 0 aliphatic rings. The van der Waals surface area contributed by atoms with E-state index in [-0.39, 0.29) is 4.64 Å². The van der Waals surface area contributed by atoms with E-state index in [0.717, 1.165) is 5.56 Å². The molecule has 0 saturated heterocycles. The van der Waals surface area contributed by atoms with Gasteiger partial charge in [0.05, 0.1) is 0 Å². The van der Waals surface area contributed by atoms with Gasteiger partial charge in [-0.05, 0) is 31.5 Å². The predicted molar refractivity (Wildman–Crippen MR) is 44.8 cm³/mol. The van der Waals surface area contributed by atoms with E-state index >= 15 is 0 Å². The number of pyridine rings is 1. The molecular weight excluding hydrogens is 178 g/mol. The molecule has 0 aromatic carbocycles. The van der Waals surface area contributed by atoms with Crippen molar-refractivity contribution in [3.8, 4) is 0 Å². The van der Waals surface area contributed by atoms with E-state index in [9.17, 15) is 13.6 Å². The topological polar surface area (TPSA) is 62.1 Å². The molecule has 0 aliphatic carbocycles. The Hall–Kier alpha value is -1.23. The Bertz CT molecular complexity index is 462. The second-order valence-electron chi connectivity index (χ2n) is 2.54. The second kappa shape index (κ2) is 3.02. The highest BCUT2D eigenvalue weighted by atomic mass is 32.2. The van der Waals surface area contributed by atoms with Crippen molar-refractivity contribution in [2.24, 2.45) is 0 Å². The van der Waals surface area contributed by atoms with Crippen LogP contribution in [0.15, 0.2) is 12.1 Å². The lowest BCUT2D eigenvalue weighted by Gasteiger charge is -2.14. The molecule has 1 aromatic rings. The maximum Gasteiger partial charge on any atom is 0.238 e. The molecule has 0 aliphatic heterocycles. The van der Waals surface area contributed by atoms with Gasteiger partial charge in [-0.3, -0.25) is 0 Å². The van der Waals surface area contributed by atoms with Gasteiger partial charge < -0.3 is 9.94 Å². The fourth-order valence-electron chi connectivity index (χ4n) is 0.973. The number of aryl methyl sites for hydroxylation is 2. The Balaban J connectivity index is 3.86. The number of nitrogens with zero attached hydrogens (tertiary/aromatic N) is 1. The van der Waals surface area contributed by atoms with Crippen LogP contribution >= 0.6 is 0 Å². The van der Waals surface area contributed by atoms with Crippen molar-refractivity contribution in [2.75, 3.05) is 0 Å². The standard InChI is InChI=1S/C7H8NO3S/c1-5-3-6(2)8(9)7(4-5)12(10)11/h3-4H,1-2H3/q-1. The summed E-state index contributed by atoms with van der Waals surface area (Å²) in [4.78, 5) is 0. The average molecular weight is 186 g/mol. The molecule has 4 nitrogen and oxygen atoms in total. The normalized spacial score (nSPS) is 9.83. The molecule has 0 radical (unpaired) electrons. The van der Waals surface area contributed by atoms with E-state index in [0.29, 0.717) is 10.4 Å². The smallest absolute Gasteiger partial charge is 0.238 e. The zero-order valence-electron chi connectivity index (χ0n) is 6.73. The molecule has 0 amide bonds. The van der Waals surface area contributed by atoms with Gasteiger partial charge in [-0.1, -0.05) is 0 Å². The molecule has 1 aromatic heterocycles. The highest BCUT2D eigenvalue weighted by Gasteiger charge is 1.92. The van der Waals surface area contributed by atoms with Gasteiger partial charge in [0.15, 0.2) is 4.64 Å². The summed E-state index contributed by atoms with van der Waals surface area (Å²) in [5, 5.41) is 11.1. The summed E-state index contributed by atoms with van der Waals surface area (Å²) < 4.78 is 21.2. The van der Waals surface area contributed by atoms with E-state index in [1.54, 1.807) is 19.9 Å². The first-order valence-electron chi connectivity index (χ1n) is 3.32. The molecule has 0 N–H and O–H groups in total. The lowest BCUT2D eigenvalue weighted by molar-refractivity contribution is 0.623. The van der Waals surface area contributed by atoms with Gasteiger partial charge in [-0.15, -0.1) is 0 Å². The molecule has 5 heteroatoms. The Morgan fingerprint density at radius 2 is 1.92 bits per heavy atom. The quantitative estimate of drug-likeness (QED) is 0.564. The Morgan fingerprint density at radius 1 is 1.33 bits per heavy atom. The van der Waals surface area contributed by atoms with Crippen molar-refractivity contribution in [3.63, 3.8) is 0 Å². The summed E-state index contributed by atoms with van der Waals surface area (Å²) in [7, 11) is -2.46. The van der Waals surface area contributed by atoms with Gasteiger partial charge in [-0.2, -0.15) is 8.42 Å². The highest BCUT2D eigenvalue weighted by molar-refractivity contribution is 7.63. The molecule has 12 heavy (non-hydrogen) atoms. The van der Waals surface area contributed by atoms with Gasteiger partial charge in [0.25, 0.3) is 0 Å². The van der Waals surface area contributed by atoms with Gasteiger partial charge in [0, 0.05) is 5.69 Å². The summed E-state index contributed by atoms with van der Waals surface area (Å²) in [6.07, 6.45) is 0. The first-order valence-corrected chi connectivity index (χ1v) is 4.40. The fraction of sp³-hybridized carbons (Fsp3) is 0.286. The van der Waals surface area contributed by atoms with E-state index in [1.165, 1.54) is 6.07 Å². The monoisotopic (exact) mass is 186 g/mol. The molecular formula is C7H8NO3S-. The second-order valence-corrected chi connectivity index (χ2v) is 3.43. The Kier molecular flexibility index (Phi) is 2.23. The molecule has 0 fully saturated rings. The van der Waals surface area contributed by atoms with Crippen LogP contribution in [-0.2, 0) is 10.3 Å². The maximum atomic E-state index is 11.1. The number of aromatic nitrogens is 1. The minimum Gasteiger partial charge on any atom is -0.805 e. The van der Waals surface area contributed by atoms with Crippen molar-refractivity contribution >= 4 is 10.3 Å². The van der Waals surface area contributed by atoms with Crippen LogP contribution < -0.4 is 0 Å². The number of hydrogen-bond donors (Lipinski definition) is 0. The molecule has 0 unspecified atom stereocenters. The van der Waals surface area contributed by atoms with Crippen LogP contribution in [0.3, 0.4) is 0 Å². The number of hydrogen-bond acceptors (Lipinski definition) is 3. The number of rotatable bonds is 0. The average Bonchev–Trinajstić information content (AvgIpc) is 1.96. The zero-order chi connectivity index (χ0) is 9.30. The van der Waals surface area contributed by atoms with E-state index in [2.05, 4.69) is 0 Å². The largest absolute Gasteiger partial charge is 0.805 e. The summed E-state index contributed by atoms with van der Waals surface area (Å²) >= 11 is 0. The Morgan fingerprint density at radius 3 is 2.42 bits per heavy atom. The molecule has 0 bridgehead atoms. The van der Waals surface area contributed by atoms with Crippen molar-refractivity contribution in [1.82, 2.24) is 4.73 Å². The summed E-state index contributed by atoms with van der Waals surface area (Å²) in [5.74, 6) is 0. The van der Waals surface area contributed by atoms with Crippen molar-refractivity contribution < 1.29 is 8.42 Å². The lowest BCUT2D eigenvalue weighted by Crippen LogP contribution is -1.98. The molecule has 1 heterocycles. The molecule has 66 valence electrons. The van der Waals surface area contributed by atoms with Crippen molar-refractivity contribution in [1.29, 1.82) is 0 Å². The lowest BCUT2D eigenvalue weighted by atomic mass is 10.2. The van der Waals surface area contributed by atoms with Crippen LogP contribution in [-0.4, -0.2) is 13.1 Å². The van der Waals surface area contributed by atoms with Crippen molar-refractivity contribution in [3.05, 3.63) is 33.2 Å². The molecule has 1 rings (SSSR count). The van der Waals surface area contributed by atoms with Gasteiger partial charge in [0.2, 0.25) is 10.3 Å². The van der Waals surface area contributed by atoms with Crippen LogP contribution in [0.25, 0.3) is 0 Å². The molecule has 0 saturated carbocycles. The van der Waals surface area contributed by atoms with Crippen LogP contribution in [0.4, 0.5) is 0 Å². The first kappa shape index (κ1) is 8.86. The van der Waals surface area contributed by atoms with Crippen molar-refractivity contribution in [2.45, 2.75) is 13.8 Å². The fourth-order valence-corrected chi connectivity index (χ4v) is 1.53. The minimum atomic E-state index is -2.46. The summed E-state index contributed by atoms with van der Waals surface area (Å²) in [5.41, 5.74) is 1.15. The third kappa shape index (κ3) is 1.50. The van der Waals surface area contributed by atoms with E-state index in [1.807, 2.05) is 0 Å². The van der Waals surface area contributed by atoms with Crippen LogP contribution in [0, 0.1) is 23.7 Å². The summed E-state index contributed by atoms with van der Waals surface area (Å²) in [6, 6.07) is 2.96. The molecule has 0 atom stereocenters. The van der Waals surface area contributed by atoms with Crippen LogP contribution in [0.5, 0.6) is 0 Å². The first-order chi connectivity index (χ1) is 5.52. The highest BCUT2D eigenvalue weighted by Crippen LogP contribution is 2.02. The van der Waals surface area contributed by atoms with Crippen LogP contribution in [0.1, 0.15) is 11.3 Å². The minimum absolute atomic E-state index is 0.229. The van der Waals surface area contributed by atoms with Gasteiger partial charge in [0.1, 0.15) is 0 Å². The predicted octanol–water partition coefficient (Wildman–Crippen LogP) is 0.862. The SMILES string of the molecule is Cc1cc(C)n([O-])c(=S(=O)=O)c1. The zero-order valence-corrected chi connectivity index (χ0v) is 7.55. The summed E-state index contributed by atoms with van der Waals surface area (Å²) in [6.45, 7) is 3.31. The Labute approximate surface area is 71.2 Å². The van der Waals surface area contributed by atoms with E-state index < -0.39 is 10.3 Å². The maximum absolute atomic E-state index is 11.1. The molecule has 0 spiro atoms. The van der Waals surface area contributed by atoms with E-state index in [4.69, 9.17) is 0 Å². The van der Waals surface area contributed by atoms with Gasteiger partial charge >= 0.3 is 0 Å². The van der Waals surface area contributed by atoms with Crippen LogP contribution in [0.2, 0.25) is 0 Å². The third-order valence-corrected chi connectivity index (χ3v) is 2.10.